The number of rotatable bonds is 4. The quantitative estimate of drug-likeness (QED) is 0.808. The van der Waals surface area contributed by atoms with E-state index < -0.39 is 32.2 Å². The van der Waals surface area contributed by atoms with E-state index >= 15 is 0 Å². The van der Waals surface area contributed by atoms with Gasteiger partial charge >= 0.3 is 0 Å². The zero-order valence-corrected chi connectivity index (χ0v) is 12.7. The highest BCUT2D eigenvalue weighted by atomic mass is 32.2. The van der Waals surface area contributed by atoms with Crippen LogP contribution < -0.4 is 0 Å². The van der Waals surface area contributed by atoms with Crippen LogP contribution in [0.15, 0.2) is 59.5 Å². The number of sulfone groups is 1. The predicted molar refractivity (Wildman–Crippen MR) is 80.7 cm³/mol. The van der Waals surface area contributed by atoms with E-state index in [1.807, 2.05) is 6.07 Å². The molecule has 3 atom stereocenters. The molecule has 2 aromatic rings. The molecule has 1 fully saturated rings. The minimum atomic E-state index is -3.88. The van der Waals surface area contributed by atoms with Gasteiger partial charge in [-0.3, -0.25) is 0 Å². The summed E-state index contributed by atoms with van der Waals surface area (Å²) in [7, 11) is -3.88. The Balaban J connectivity index is 2.11. The maximum atomic E-state index is 13.4. The second-order valence-electron chi connectivity index (χ2n) is 5.47. The Morgan fingerprint density at radius 1 is 1.13 bits per heavy atom. The third-order valence-electron chi connectivity index (χ3n) is 4.18. The summed E-state index contributed by atoms with van der Waals surface area (Å²) in [6.45, 7) is 0. The highest BCUT2D eigenvalue weighted by Crippen LogP contribution is 2.62. The Morgan fingerprint density at radius 2 is 1.83 bits per heavy atom. The van der Waals surface area contributed by atoms with E-state index in [2.05, 4.69) is 0 Å². The molecule has 2 aromatic carbocycles. The summed E-state index contributed by atoms with van der Waals surface area (Å²) in [6, 6.07) is 14.8. The first-order chi connectivity index (χ1) is 11.0. The fourth-order valence-electron chi connectivity index (χ4n) is 3.02. The summed E-state index contributed by atoms with van der Waals surface area (Å²) < 4.78 is 39.0. The summed E-state index contributed by atoms with van der Waals surface area (Å²) in [5, 5.41) is 8.19. The van der Waals surface area contributed by atoms with Gasteiger partial charge in [-0.2, -0.15) is 5.26 Å². The fraction of sp³-hybridized carbons (Fsp3) is 0.176. The molecule has 0 radical (unpaired) electrons. The number of carbonyl (C=O) groups is 1. The van der Waals surface area contributed by atoms with Gasteiger partial charge in [-0.25, -0.2) is 12.8 Å². The molecule has 0 aliphatic heterocycles. The van der Waals surface area contributed by atoms with Crippen molar-refractivity contribution in [2.75, 3.05) is 0 Å². The second kappa shape index (κ2) is 5.28. The first-order valence-corrected chi connectivity index (χ1v) is 8.44. The number of nitriles is 1. The lowest BCUT2D eigenvalue weighted by molar-refractivity contribution is -0.110. The van der Waals surface area contributed by atoms with Crippen molar-refractivity contribution in [2.24, 2.45) is 5.41 Å². The maximum Gasteiger partial charge on any atom is 0.183 e. The number of halogens is 1. The molecule has 0 unspecified atom stereocenters. The number of nitrogens with zero attached hydrogens (tertiary/aromatic N) is 1. The number of benzene rings is 2. The Kier molecular flexibility index (Phi) is 3.53. The van der Waals surface area contributed by atoms with Crippen molar-refractivity contribution >= 4 is 16.1 Å². The average molecular weight is 329 g/mol. The second-order valence-corrected chi connectivity index (χ2v) is 7.54. The molecule has 0 saturated heterocycles. The molecule has 0 aromatic heterocycles. The first kappa shape index (κ1) is 15.4. The van der Waals surface area contributed by atoms with Gasteiger partial charge in [-0.15, -0.1) is 0 Å². The number of aldehydes is 1. The molecule has 0 heterocycles. The smallest absolute Gasteiger partial charge is 0.183 e. The average Bonchev–Trinajstić information content (AvgIpc) is 3.26. The van der Waals surface area contributed by atoms with Crippen LogP contribution in [0.4, 0.5) is 4.39 Å². The van der Waals surface area contributed by atoms with Crippen molar-refractivity contribution in [2.45, 2.75) is 16.1 Å². The summed E-state index contributed by atoms with van der Waals surface area (Å²) >= 11 is 0. The first-order valence-electron chi connectivity index (χ1n) is 6.89. The zero-order valence-electron chi connectivity index (χ0n) is 11.9. The lowest BCUT2D eigenvalue weighted by atomic mass is 10.0. The fourth-order valence-corrected chi connectivity index (χ4v) is 5.28. The van der Waals surface area contributed by atoms with Crippen LogP contribution in [0, 0.1) is 22.6 Å². The van der Waals surface area contributed by atoms with Gasteiger partial charge in [0.1, 0.15) is 22.8 Å². The zero-order chi connectivity index (χ0) is 16.7. The van der Waals surface area contributed by atoms with Crippen LogP contribution in [0.3, 0.4) is 0 Å². The van der Waals surface area contributed by atoms with Crippen LogP contribution in [0.5, 0.6) is 0 Å². The summed E-state index contributed by atoms with van der Waals surface area (Å²) in [6.07, 6.45) is 0.369. The summed E-state index contributed by atoms with van der Waals surface area (Å²) in [5.41, 5.74) is -1.34. The van der Waals surface area contributed by atoms with Crippen LogP contribution in [-0.4, -0.2) is 20.0 Å². The van der Waals surface area contributed by atoms with E-state index in [0.29, 0.717) is 11.8 Å². The standard InChI is InChI=1S/C17H12FNO3S/c18-13-6-4-5-12(9-13)15-16(17(15,10-19)11-20)23(21,22)14-7-2-1-3-8-14/h1-9,11,15-16H/t15-,16+,17-/m1/s1. The van der Waals surface area contributed by atoms with Gasteiger partial charge in [0.25, 0.3) is 0 Å². The van der Waals surface area contributed by atoms with Crippen molar-refractivity contribution in [3.63, 3.8) is 0 Å². The number of carbonyl (C=O) groups excluding carboxylic acids is 1. The Hall–Kier alpha value is -2.52. The molecule has 23 heavy (non-hydrogen) atoms. The Labute approximate surface area is 133 Å². The summed E-state index contributed by atoms with van der Waals surface area (Å²) in [4.78, 5) is 11.5. The molecule has 0 spiro atoms. The van der Waals surface area contributed by atoms with E-state index in [9.17, 15) is 22.9 Å². The molecule has 3 rings (SSSR count). The van der Waals surface area contributed by atoms with Crippen LogP contribution >= 0.6 is 0 Å². The van der Waals surface area contributed by atoms with Crippen molar-refractivity contribution in [1.82, 2.24) is 0 Å². The molecule has 1 aliphatic carbocycles. The minimum Gasteiger partial charge on any atom is -0.302 e. The highest BCUT2D eigenvalue weighted by molar-refractivity contribution is 7.92. The Bertz CT molecular complexity index is 905. The van der Waals surface area contributed by atoms with Gasteiger partial charge in [0.05, 0.1) is 11.0 Å². The normalized spacial score (nSPS) is 26.3. The lowest BCUT2D eigenvalue weighted by Gasteiger charge is -2.04. The van der Waals surface area contributed by atoms with Crippen molar-refractivity contribution in [3.8, 4) is 6.07 Å². The van der Waals surface area contributed by atoms with Gasteiger partial charge < -0.3 is 4.79 Å². The van der Waals surface area contributed by atoms with Gasteiger partial charge in [0.15, 0.2) is 9.84 Å². The van der Waals surface area contributed by atoms with E-state index in [0.717, 1.165) is 0 Å². The molecule has 0 bridgehead atoms. The Morgan fingerprint density at radius 3 is 2.39 bits per heavy atom. The molecular weight excluding hydrogens is 317 g/mol. The molecule has 0 N–H and O–H groups in total. The number of hydrogen-bond donors (Lipinski definition) is 0. The van der Waals surface area contributed by atoms with Gasteiger partial charge in [-0.1, -0.05) is 30.3 Å². The molecule has 1 aliphatic rings. The molecular formula is C17H12FNO3S. The van der Waals surface area contributed by atoms with E-state index in [-0.39, 0.29) is 4.90 Å². The van der Waals surface area contributed by atoms with Crippen LogP contribution in [-0.2, 0) is 14.6 Å². The molecule has 1 saturated carbocycles. The van der Waals surface area contributed by atoms with E-state index in [4.69, 9.17) is 0 Å². The highest BCUT2D eigenvalue weighted by Gasteiger charge is 2.72. The largest absolute Gasteiger partial charge is 0.302 e. The monoisotopic (exact) mass is 329 g/mol. The topological polar surface area (TPSA) is 75.0 Å². The van der Waals surface area contributed by atoms with Gasteiger partial charge in [-0.05, 0) is 29.8 Å². The molecule has 0 amide bonds. The van der Waals surface area contributed by atoms with Gasteiger partial charge in [0.2, 0.25) is 0 Å². The van der Waals surface area contributed by atoms with Crippen molar-refractivity contribution in [3.05, 3.63) is 66.0 Å². The SMILES string of the molecule is N#C[C@@]1(C=O)[C@H](c2cccc(F)c2)[C@@H]1S(=O)(=O)c1ccccc1. The summed E-state index contributed by atoms with van der Waals surface area (Å²) in [5.74, 6) is -1.41. The van der Waals surface area contributed by atoms with E-state index in [1.165, 1.54) is 36.4 Å². The van der Waals surface area contributed by atoms with Crippen LogP contribution in [0.1, 0.15) is 11.5 Å². The molecule has 116 valence electrons. The lowest BCUT2D eigenvalue weighted by Crippen LogP contribution is -2.16. The molecule has 6 heteroatoms. The maximum absolute atomic E-state index is 13.4. The van der Waals surface area contributed by atoms with E-state index in [1.54, 1.807) is 18.2 Å². The van der Waals surface area contributed by atoms with Gasteiger partial charge in [0, 0.05) is 5.92 Å². The van der Waals surface area contributed by atoms with Crippen molar-refractivity contribution < 1.29 is 17.6 Å². The third kappa shape index (κ3) is 2.25. The molecule has 4 nitrogen and oxygen atoms in total. The van der Waals surface area contributed by atoms with Crippen LogP contribution in [0.25, 0.3) is 0 Å². The van der Waals surface area contributed by atoms with Crippen LogP contribution in [0.2, 0.25) is 0 Å². The number of hydrogen-bond acceptors (Lipinski definition) is 4. The predicted octanol–water partition coefficient (Wildman–Crippen LogP) is 2.47. The minimum absolute atomic E-state index is 0.0466. The van der Waals surface area contributed by atoms with Crippen molar-refractivity contribution in [1.29, 1.82) is 5.26 Å². The third-order valence-corrected chi connectivity index (χ3v) is 6.44.